The van der Waals surface area contributed by atoms with Crippen LogP contribution in [-0.2, 0) is 6.42 Å². The van der Waals surface area contributed by atoms with E-state index in [2.05, 4.69) is 27.3 Å². The number of amides is 1. The Bertz CT molecular complexity index is 1180. The molecule has 0 saturated carbocycles. The maximum Gasteiger partial charge on any atom is 0.417 e. The Hall–Kier alpha value is -3.35. The van der Waals surface area contributed by atoms with Crippen molar-refractivity contribution >= 4 is 28.5 Å². The highest BCUT2D eigenvalue weighted by molar-refractivity contribution is 6.00. The highest BCUT2D eigenvalue weighted by atomic mass is 16.4. The van der Waals surface area contributed by atoms with Crippen molar-refractivity contribution in [2.24, 2.45) is 5.92 Å². The maximum absolute atomic E-state index is 12.5. The van der Waals surface area contributed by atoms with E-state index in [1.165, 1.54) is 11.3 Å². The van der Waals surface area contributed by atoms with Crippen LogP contribution in [0.2, 0.25) is 0 Å². The lowest BCUT2D eigenvalue weighted by molar-refractivity contribution is 0.0943. The molecule has 1 fully saturated rings. The number of aromatic nitrogens is 1. The largest absolute Gasteiger partial charge is 0.417 e. The Morgan fingerprint density at radius 1 is 1.10 bits per heavy atom. The first-order chi connectivity index (χ1) is 14.6. The number of hydrogen-bond donors (Lipinski definition) is 2. The van der Waals surface area contributed by atoms with Crippen molar-refractivity contribution in [3.63, 3.8) is 0 Å². The Morgan fingerprint density at radius 2 is 1.93 bits per heavy atom. The van der Waals surface area contributed by atoms with Gasteiger partial charge < -0.3 is 14.6 Å². The van der Waals surface area contributed by atoms with Gasteiger partial charge in [-0.15, -0.1) is 0 Å². The molecular formula is C23H23N3O4. The zero-order valence-electron chi connectivity index (χ0n) is 16.6. The predicted octanol–water partition coefficient (Wildman–Crippen LogP) is 2.90. The molecule has 0 spiro atoms. The molecule has 1 aliphatic heterocycles. The molecule has 7 heteroatoms. The molecule has 5 rings (SSSR count). The van der Waals surface area contributed by atoms with E-state index >= 15 is 0 Å². The van der Waals surface area contributed by atoms with E-state index in [9.17, 15) is 14.4 Å². The normalized spacial score (nSPS) is 16.8. The van der Waals surface area contributed by atoms with Crippen molar-refractivity contribution in [1.82, 2.24) is 10.3 Å². The van der Waals surface area contributed by atoms with Gasteiger partial charge in [0.25, 0.3) is 5.91 Å². The summed E-state index contributed by atoms with van der Waals surface area (Å²) in [6.45, 7) is 2.50. The SMILES string of the molecule is O=C(NCC1CCN(c2ccc3c(c2)CCC3=O)CC1)c1ccc2[nH]c(=O)oc2c1. The number of aromatic amines is 1. The number of nitrogens with one attached hydrogen (secondary N) is 2. The first kappa shape index (κ1) is 18.7. The average Bonchev–Trinajstić information content (AvgIpc) is 3.33. The molecule has 0 bridgehead atoms. The summed E-state index contributed by atoms with van der Waals surface area (Å²) < 4.78 is 5.03. The Morgan fingerprint density at radius 3 is 2.77 bits per heavy atom. The van der Waals surface area contributed by atoms with E-state index in [1.54, 1.807) is 18.2 Å². The number of rotatable bonds is 4. The van der Waals surface area contributed by atoms with E-state index < -0.39 is 5.76 Å². The molecule has 1 aromatic heterocycles. The van der Waals surface area contributed by atoms with Crippen molar-refractivity contribution in [1.29, 1.82) is 0 Å². The van der Waals surface area contributed by atoms with Crippen LogP contribution < -0.4 is 16.0 Å². The maximum atomic E-state index is 12.5. The number of anilines is 1. The van der Waals surface area contributed by atoms with Crippen LogP contribution in [0.3, 0.4) is 0 Å². The number of fused-ring (bicyclic) bond motifs is 2. The molecule has 1 amide bonds. The Balaban J connectivity index is 1.16. The van der Waals surface area contributed by atoms with E-state index in [1.807, 2.05) is 6.07 Å². The summed E-state index contributed by atoms with van der Waals surface area (Å²) in [7, 11) is 0. The molecule has 30 heavy (non-hydrogen) atoms. The second-order valence-corrected chi connectivity index (χ2v) is 8.13. The molecule has 1 aliphatic carbocycles. The fraction of sp³-hybridized carbons (Fsp3) is 0.348. The lowest BCUT2D eigenvalue weighted by atomic mass is 9.96. The molecule has 0 unspecified atom stereocenters. The lowest BCUT2D eigenvalue weighted by Gasteiger charge is -2.34. The summed E-state index contributed by atoms with van der Waals surface area (Å²) in [6, 6.07) is 11.1. The smallest absolute Gasteiger partial charge is 0.408 e. The second kappa shape index (κ2) is 7.48. The fourth-order valence-corrected chi connectivity index (χ4v) is 4.46. The molecule has 2 aromatic carbocycles. The molecule has 3 aromatic rings. The van der Waals surface area contributed by atoms with Gasteiger partial charge in [0.05, 0.1) is 5.52 Å². The molecule has 1 saturated heterocycles. The molecule has 7 nitrogen and oxygen atoms in total. The van der Waals surface area contributed by atoms with Crippen LogP contribution in [0.25, 0.3) is 11.1 Å². The topological polar surface area (TPSA) is 95.4 Å². The third-order valence-corrected chi connectivity index (χ3v) is 6.22. The third-order valence-electron chi connectivity index (χ3n) is 6.22. The first-order valence-electron chi connectivity index (χ1n) is 10.4. The van der Waals surface area contributed by atoms with Gasteiger partial charge in [0.1, 0.15) is 0 Å². The van der Waals surface area contributed by atoms with Crippen LogP contribution in [0.1, 0.15) is 45.5 Å². The summed E-state index contributed by atoms with van der Waals surface area (Å²) >= 11 is 0. The fourth-order valence-electron chi connectivity index (χ4n) is 4.46. The van der Waals surface area contributed by atoms with Gasteiger partial charge in [-0.25, -0.2) is 4.79 Å². The number of benzene rings is 2. The number of carbonyl (C=O) groups excluding carboxylic acids is 2. The summed E-state index contributed by atoms with van der Waals surface area (Å²) in [5.41, 5.74) is 4.69. The number of Topliss-reactive ketones (excluding diaryl/α,β-unsaturated/α-hetero) is 1. The van der Waals surface area contributed by atoms with Crippen molar-refractivity contribution < 1.29 is 14.0 Å². The average molecular weight is 405 g/mol. The predicted molar refractivity (Wildman–Crippen MR) is 113 cm³/mol. The summed E-state index contributed by atoms with van der Waals surface area (Å²) in [4.78, 5) is 40.5. The number of piperidine rings is 1. The first-order valence-corrected chi connectivity index (χ1v) is 10.4. The molecule has 2 heterocycles. The van der Waals surface area contributed by atoms with Gasteiger partial charge >= 0.3 is 5.76 Å². The van der Waals surface area contributed by atoms with Crippen LogP contribution in [0.5, 0.6) is 0 Å². The monoisotopic (exact) mass is 405 g/mol. The highest BCUT2D eigenvalue weighted by Crippen LogP contribution is 2.29. The van der Waals surface area contributed by atoms with Gasteiger partial charge in [-0.2, -0.15) is 0 Å². The second-order valence-electron chi connectivity index (χ2n) is 8.13. The Kier molecular flexibility index (Phi) is 4.65. The van der Waals surface area contributed by atoms with Gasteiger partial charge in [0.15, 0.2) is 11.4 Å². The number of hydrogen-bond acceptors (Lipinski definition) is 5. The summed E-state index contributed by atoms with van der Waals surface area (Å²) in [5, 5.41) is 3.01. The minimum atomic E-state index is -0.524. The molecule has 2 N–H and O–H groups in total. The Labute approximate surface area is 173 Å². The van der Waals surface area contributed by atoms with Crippen LogP contribution in [0, 0.1) is 5.92 Å². The molecular weight excluding hydrogens is 382 g/mol. The van der Waals surface area contributed by atoms with Crippen molar-refractivity contribution in [2.75, 3.05) is 24.5 Å². The van der Waals surface area contributed by atoms with Crippen LogP contribution in [0.15, 0.2) is 45.6 Å². The van der Waals surface area contributed by atoms with Crippen LogP contribution in [0.4, 0.5) is 5.69 Å². The standard InChI is InChI=1S/C23H23N3O4/c27-20-6-2-15-11-17(3-4-18(15)20)26-9-7-14(8-10-26)13-24-22(28)16-1-5-19-21(12-16)30-23(29)25-19/h1,3-5,11-12,14H,2,6-10,13H2,(H,24,28)(H,25,29). The van der Waals surface area contributed by atoms with Crippen molar-refractivity contribution in [3.8, 4) is 0 Å². The highest BCUT2D eigenvalue weighted by Gasteiger charge is 2.23. The minimum absolute atomic E-state index is 0.161. The molecule has 0 atom stereocenters. The molecule has 0 radical (unpaired) electrons. The van der Waals surface area contributed by atoms with Crippen molar-refractivity contribution in [2.45, 2.75) is 25.7 Å². The van der Waals surface area contributed by atoms with Gasteiger partial charge in [0, 0.05) is 42.9 Å². The van der Waals surface area contributed by atoms with Gasteiger partial charge in [-0.1, -0.05) is 0 Å². The number of oxazole rings is 1. The zero-order chi connectivity index (χ0) is 20.7. The van der Waals surface area contributed by atoms with Crippen LogP contribution >= 0.6 is 0 Å². The summed E-state index contributed by atoms with van der Waals surface area (Å²) in [6.07, 6.45) is 3.48. The van der Waals surface area contributed by atoms with Crippen molar-refractivity contribution in [3.05, 3.63) is 63.6 Å². The lowest BCUT2D eigenvalue weighted by Crippen LogP contribution is -2.38. The number of ketones is 1. The van der Waals surface area contributed by atoms with E-state index in [0.717, 1.165) is 37.9 Å². The van der Waals surface area contributed by atoms with Gasteiger partial charge in [-0.3, -0.25) is 14.6 Å². The number of carbonyl (C=O) groups is 2. The van der Waals surface area contributed by atoms with E-state index in [4.69, 9.17) is 4.42 Å². The zero-order valence-corrected chi connectivity index (χ0v) is 16.6. The summed E-state index contributed by atoms with van der Waals surface area (Å²) in [5.74, 6) is -0.00493. The van der Waals surface area contributed by atoms with Gasteiger partial charge in [0.2, 0.25) is 0 Å². The number of aryl methyl sites for hydroxylation is 1. The quantitative estimate of drug-likeness (QED) is 0.696. The van der Waals surface area contributed by atoms with E-state index in [-0.39, 0.29) is 11.7 Å². The molecule has 154 valence electrons. The number of nitrogens with zero attached hydrogens (tertiary/aromatic N) is 1. The minimum Gasteiger partial charge on any atom is -0.408 e. The molecule has 2 aliphatic rings. The van der Waals surface area contributed by atoms with Crippen LogP contribution in [-0.4, -0.2) is 36.3 Å². The van der Waals surface area contributed by atoms with E-state index in [0.29, 0.717) is 35.5 Å². The number of H-pyrrole nitrogens is 1. The third kappa shape index (κ3) is 3.51. The van der Waals surface area contributed by atoms with Gasteiger partial charge in [-0.05, 0) is 67.1 Å².